The molecule has 18 heavy (non-hydrogen) atoms. The third-order valence-corrected chi connectivity index (χ3v) is 3.84. The summed E-state index contributed by atoms with van der Waals surface area (Å²) in [5.74, 6) is -0.231. The van der Waals surface area contributed by atoms with Crippen molar-refractivity contribution in [3.63, 3.8) is 0 Å². The molecule has 3 heteroatoms. The van der Waals surface area contributed by atoms with Crippen LogP contribution in [-0.4, -0.2) is 5.78 Å². The van der Waals surface area contributed by atoms with Crippen LogP contribution in [0.15, 0.2) is 58.3 Å². The number of thioether (sulfide) groups is 1. The van der Waals surface area contributed by atoms with Gasteiger partial charge in [0, 0.05) is 10.5 Å². The quantitative estimate of drug-likeness (QED) is 0.713. The average Bonchev–Trinajstić information content (AvgIpc) is 2.70. The van der Waals surface area contributed by atoms with Gasteiger partial charge in [-0.15, -0.1) is 0 Å². The van der Waals surface area contributed by atoms with Crippen molar-refractivity contribution >= 4 is 23.6 Å². The number of Topliss-reactive ketones (excluding diaryl/α,β-unsaturated/α-hetero) is 1. The van der Waals surface area contributed by atoms with E-state index in [1.807, 2.05) is 24.3 Å². The molecular formula is C15H9FOS. The highest BCUT2D eigenvalue weighted by atomic mass is 32.2. The first-order valence-corrected chi connectivity index (χ1v) is 6.34. The van der Waals surface area contributed by atoms with Crippen LogP contribution in [0.2, 0.25) is 0 Å². The Labute approximate surface area is 108 Å². The predicted molar refractivity (Wildman–Crippen MR) is 71.0 cm³/mol. The van der Waals surface area contributed by atoms with Gasteiger partial charge in [-0.25, -0.2) is 4.39 Å². The summed E-state index contributed by atoms with van der Waals surface area (Å²) in [4.78, 5) is 13.8. The summed E-state index contributed by atoms with van der Waals surface area (Å²) in [7, 11) is 0. The Kier molecular flexibility index (Phi) is 2.76. The van der Waals surface area contributed by atoms with E-state index in [-0.39, 0.29) is 11.6 Å². The van der Waals surface area contributed by atoms with Crippen molar-refractivity contribution in [3.8, 4) is 0 Å². The minimum atomic E-state index is -0.272. The van der Waals surface area contributed by atoms with Gasteiger partial charge in [-0.05, 0) is 35.9 Å². The van der Waals surface area contributed by atoms with Gasteiger partial charge < -0.3 is 0 Å². The van der Waals surface area contributed by atoms with Crippen LogP contribution in [-0.2, 0) is 0 Å². The molecule has 0 N–H and O–H groups in total. The molecule has 1 nitrogen and oxygen atoms in total. The van der Waals surface area contributed by atoms with E-state index in [2.05, 4.69) is 0 Å². The maximum atomic E-state index is 12.8. The van der Waals surface area contributed by atoms with Crippen LogP contribution in [0.5, 0.6) is 0 Å². The van der Waals surface area contributed by atoms with Crippen molar-refractivity contribution in [2.75, 3.05) is 0 Å². The van der Waals surface area contributed by atoms with Gasteiger partial charge in [-0.3, -0.25) is 4.79 Å². The second kappa shape index (κ2) is 4.42. The van der Waals surface area contributed by atoms with E-state index in [4.69, 9.17) is 0 Å². The van der Waals surface area contributed by atoms with Gasteiger partial charge in [0.15, 0.2) is 0 Å². The lowest BCUT2D eigenvalue weighted by atomic mass is 10.1. The van der Waals surface area contributed by atoms with E-state index < -0.39 is 0 Å². The zero-order valence-corrected chi connectivity index (χ0v) is 10.2. The van der Waals surface area contributed by atoms with Gasteiger partial charge in [-0.1, -0.05) is 36.0 Å². The average molecular weight is 256 g/mol. The molecule has 1 aliphatic heterocycles. The number of rotatable bonds is 1. The summed E-state index contributed by atoms with van der Waals surface area (Å²) < 4.78 is 12.8. The molecule has 0 aromatic heterocycles. The SMILES string of the molecule is O=C1/C(=C/c2ccc(F)cc2)Sc2ccccc21. The van der Waals surface area contributed by atoms with Gasteiger partial charge in [0.1, 0.15) is 5.82 Å². The highest BCUT2D eigenvalue weighted by Crippen LogP contribution is 2.40. The lowest BCUT2D eigenvalue weighted by molar-refractivity contribution is 0.104. The summed E-state index contributed by atoms with van der Waals surface area (Å²) in [6.45, 7) is 0. The maximum Gasteiger partial charge on any atom is 0.200 e. The van der Waals surface area contributed by atoms with Crippen LogP contribution in [0, 0.1) is 5.82 Å². The van der Waals surface area contributed by atoms with E-state index in [0.29, 0.717) is 4.91 Å². The number of hydrogen-bond donors (Lipinski definition) is 0. The number of halogens is 1. The summed E-state index contributed by atoms with van der Waals surface area (Å²) in [6.07, 6.45) is 1.80. The molecule has 0 spiro atoms. The molecule has 0 saturated heterocycles. The predicted octanol–water partition coefficient (Wildman–Crippen LogP) is 4.16. The Balaban J connectivity index is 1.97. The van der Waals surface area contributed by atoms with Crippen LogP contribution in [0.3, 0.4) is 0 Å². The Bertz CT molecular complexity index is 644. The Morgan fingerprint density at radius 3 is 2.44 bits per heavy atom. The molecule has 1 heterocycles. The fraction of sp³-hybridized carbons (Fsp3) is 0. The number of ketones is 1. The molecule has 0 unspecified atom stereocenters. The third kappa shape index (κ3) is 1.97. The van der Waals surface area contributed by atoms with E-state index >= 15 is 0 Å². The maximum absolute atomic E-state index is 12.8. The molecule has 0 aliphatic carbocycles. The molecule has 88 valence electrons. The molecule has 1 aliphatic rings. The van der Waals surface area contributed by atoms with Crippen LogP contribution in [0.4, 0.5) is 4.39 Å². The summed E-state index contributed by atoms with van der Waals surface area (Å²) in [6, 6.07) is 13.7. The molecule has 0 atom stereocenters. The van der Waals surface area contributed by atoms with Crippen LogP contribution in [0.25, 0.3) is 6.08 Å². The number of allylic oxidation sites excluding steroid dienone is 1. The van der Waals surface area contributed by atoms with Crippen LogP contribution >= 0.6 is 11.8 Å². The van der Waals surface area contributed by atoms with Crippen molar-refractivity contribution < 1.29 is 9.18 Å². The third-order valence-electron chi connectivity index (χ3n) is 2.74. The molecule has 0 bridgehead atoms. The van der Waals surface area contributed by atoms with E-state index in [1.165, 1.54) is 23.9 Å². The second-order valence-electron chi connectivity index (χ2n) is 3.99. The van der Waals surface area contributed by atoms with Crippen LogP contribution in [0.1, 0.15) is 15.9 Å². The number of hydrogen-bond acceptors (Lipinski definition) is 2. The van der Waals surface area contributed by atoms with E-state index in [0.717, 1.165) is 16.0 Å². The van der Waals surface area contributed by atoms with E-state index in [9.17, 15) is 9.18 Å². The normalized spacial score (nSPS) is 16.1. The summed E-state index contributed by atoms with van der Waals surface area (Å²) in [5, 5.41) is 0. The van der Waals surface area contributed by atoms with Crippen molar-refractivity contribution in [3.05, 3.63) is 70.4 Å². The zero-order chi connectivity index (χ0) is 12.5. The Morgan fingerprint density at radius 1 is 1.00 bits per heavy atom. The molecule has 2 aromatic rings. The minimum Gasteiger partial charge on any atom is -0.288 e. The van der Waals surface area contributed by atoms with Gasteiger partial charge in [-0.2, -0.15) is 0 Å². The molecule has 0 saturated carbocycles. The van der Waals surface area contributed by atoms with E-state index in [1.54, 1.807) is 18.2 Å². The molecule has 0 amide bonds. The highest BCUT2D eigenvalue weighted by molar-refractivity contribution is 8.04. The minimum absolute atomic E-state index is 0.0416. The number of carbonyl (C=O) groups excluding carboxylic acids is 1. The van der Waals surface area contributed by atoms with Crippen molar-refractivity contribution in [1.29, 1.82) is 0 Å². The van der Waals surface area contributed by atoms with Gasteiger partial charge in [0.2, 0.25) is 5.78 Å². The van der Waals surface area contributed by atoms with Crippen molar-refractivity contribution in [1.82, 2.24) is 0 Å². The van der Waals surface area contributed by atoms with Crippen LogP contribution < -0.4 is 0 Å². The lowest BCUT2D eigenvalue weighted by Crippen LogP contribution is -1.93. The molecule has 2 aromatic carbocycles. The zero-order valence-electron chi connectivity index (χ0n) is 9.39. The number of fused-ring (bicyclic) bond motifs is 1. The Morgan fingerprint density at radius 2 is 1.72 bits per heavy atom. The van der Waals surface area contributed by atoms with Gasteiger partial charge in [0.25, 0.3) is 0 Å². The largest absolute Gasteiger partial charge is 0.288 e. The molecule has 0 radical (unpaired) electrons. The monoisotopic (exact) mass is 256 g/mol. The number of benzene rings is 2. The van der Waals surface area contributed by atoms with Gasteiger partial charge in [0.05, 0.1) is 4.91 Å². The first kappa shape index (κ1) is 11.2. The smallest absolute Gasteiger partial charge is 0.200 e. The molecular weight excluding hydrogens is 247 g/mol. The standard InChI is InChI=1S/C15H9FOS/c16-11-7-5-10(6-8-11)9-14-15(17)12-3-1-2-4-13(12)18-14/h1-9H/b14-9-. The first-order valence-electron chi connectivity index (χ1n) is 5.53. The topological polar surface area (TPSA) is 17.1 Å². The van der Waals surface area contributed by atoms with Crippen molar-refractivity contribution in [2.45, 2.75) is 4.90 Å². The Hall–Kier alpha value is -1.87. The summed E-state index contributed by atoms with van der Waals surface area (Å²) >= 11 is 1.46. The van der Waals surface area contributed by atoms with Gasteiger partial charge >= 0.3 is 0 Å². The number of carbonyl (C=O) groups is 1. The highest BCUT2D eigenvalue weighted by Gasteiger charge is 2.24. The fourth-order valence-electron chi connectivity index (χ4n) is 1.85. The molecule has 3 rings (SSSR count). The summed E-state index contributed by atoms with van der Waals surface area (Å²) in [5.41, 5.74) is 1.58. The molecule has 0 fully saturated rings. The second-order valence-corrected chi connectivity index (χ2v) is 5.07. The fourth-order valence-corrected chi connectivity index (χ4v) is 2.90. The first-order chi connectivity index (χ1) is 8.74. The van der Waals surface area contributed by atoms with Crippen molar-refractivity contribution in [2.24, 2.45) is 0 Å². The lowest BCUT2D eigenvalue weighted by Gasteiger charge is -1.96.